The van der Waals surface area contributed by atoms with Gasteiger partial charge in [-0.3, -0.25) is 14.9 Å². The van der Waals surface area contributed by atoms with Crippen LogP contribution in [0.4, 0.5) is 11.4 Å². The standard InChI is InChI=1S/C17H17ClN2O4/c1-17(2,3)10-4-7-15(21)13(8-10)19-16(22)12-9-11(18)5-6-14(12)20(23)24/h4-9,21H,1-3H3,(H,19,22). The van der Waals surface area contributed by atoms with Gasteiger partial charge in [-0.15, -0.1) is 0 Å². The summed E-state index contributed by atoms with van der Waals surface area (Å²) < 4.78 is 0. The van der Waals surface area contributed by atoms with Crippen molar-refractivity contribution in [3.05, 3.63) is 62.7 Å². The van der Waals surface area contributed by atoms with E-state index in [1.807, 2.05) is 20.8 Å². The number of amides is 1. The first-order valence-electron chi connectivity index (χ1n) is 7.18. The van der Waals surface area contributed by atoms with E-state index in [1.54, 1.807) is 12.1 Å². The number of phenolic OH excluding ortho intramolecular Hbond substituents is 1. The van der Waals surface area contributed by atoms with Crippen LogP contribution in [0.25, 0.3) is 0 Å². The Morgan fingerprint density at radius 3 is 2.46 bits per heavy atom. The van der Waals surface area contributed by atoms with E-state index in [1.165, 1.54) is 24.3 Å². The molecule has 0 bridgehead atoms. The van der Waals surface area contributed by atoms with E-state index in [4.69, 9.17) is 11.6 Å². The van der Waals surface area contributed by atoms with Crippen molar-refractivity contribution in [2.45, 2.75) is 26.2 Å². The molecule has 0 atom stereocenters. The summed E-state index contributed by atoms with van der Waals surface area (Å²) in [7, 11) is 0. The minimum atomic E-state index is -0.717. The molecule has 2 rings (SSSR count). The van der Waals surface area contributed by atoms with Crippen molar-refractivity contribution in [1.29, 1.82) is 0 Å². The number of nitro groups is 1. The first-order valence-corrected chi connectivity index (χ1v) is 7.56. The zero-order valence-corrected chi connectivity index (χ0v) is 14.2. The van der Waals surface area contributed by atoms with Gasteiger partial charge in [-0.2, -0.15) is 0 Å². The normalized spacial score (nSPS) is 11.2. The Balaban J connectivity index is 2.41. The van der Waals surface area contributed by atoms with E-state index in [9.17, 15) is 20.0 Å². The maximum absolute atomic E-state index is 12.4. The summed E-state index contributed by atoms with van der Waals surface area (Å²) in [6, 6.07) is 8.61. The zero-order valence-electron chi connectivity index (χ0n) is 13.5. The quantitative estimate of drug-likeness (QED) is 0.485. The lowest BCUT2D eigenvalue weighted by Gasteiger charge is -2.20. The van der Waals surface area contributed by atoms with Crippen molar-refractivity contribution in [3.8, 4) is 5.75 Å². The van der Waals surface area contributed by atoms with Crippen LogP contribution in [0.1, 0.15) is 36.7 Å². The predicted molar refractivity (Wildman–Crippen MR) is 92.9 cm³/mol. The molecule has 0 aliphatic heterocycles. The van der Waals surface area contributed by atoms with Gasteiger partial charge < -0.3 is 10.4 Å². The van der Waals surface area contributed by atoms with Crippen LogP contribution < -0.4 is 5.32 Å². The van der Waals surface area contributed by atoms with Crippen molar-refractivity contribution in [2.24, 2.45) is 0 Å². The van der Waals surface area contributed by atoms with Gasteiger partial charge in [0, 0.05) is 11.1 Å². The molecule has 1 amide bonds. The molecule has 0 fully saturated rings. The minimum Gasteiger partial charge on any atom is -0.506 e. The Hall–Kier alpha value is -2.60. The number of benzene rings is 2. The van der Waals surface area contributed by atoms with Crippen LogP contribution in [0.5, 0.6) is 5.75 Å². The molecule has 0 aliphatic carbocycles. The summed E-state index contributed by atoms with van der Waals surface area (Å²) >= 11 is 5.83. The van der Waals surface area contributed by atoms with Crippen LogP contribution in [0.2, 0.25) is 5.02 Å². The zero-order chi connectivity index (χ0) is 18.1. The van der Waals surface area contributed by atoms with Gasteiger partial charge in [-0.05, 0) is 35.2 Å². The largest absolute Gasteiger partial charge is 0.506 e. The average Bonchev–Trinajstić information content (AvgIpc) is 2.47. The Morgan fingerprint density at radius 1 is 1.21 bits per heavy atom. The van der Waals surface area contributed by atoms with Gasteiger partial charge >= 0.3 is 0 Å². The number of carbonyl (C=O) groups excluding carboxylic acids is 1. The van der Waals surface area contributed by atoms with Crippen molar-refractivity contribution in [2.75, 3.05) is 5.32 Å². The summed E-state index contributed by atoms with van der Waals surface area (Å²) in [6.45, 7) is 5.98. The summed E-state index contributed by atoms with van der Waals surface area (Å²) in [5, 5.41) is 23.7. The van der Waals surface area contributed by atoms with E-state index in [-0.39, 0.29) is 33.1 Å². The minimum absolute atomic E-state index is 0.124. The number of nitro benzene ring substituents is 1. The van der Waals surface area contributed by atoms with Crippen LogP contribution in [-0.4, -0.2) is 15.9 Å². The van der Waals surface area contributed by atoms with Crippen LogP contribution in [0, 0.1) is 10.1 Å². The van der Waals surface area contributed by atoms with Crippen LogP contribution in [0.15, 0.2) is 36.4 Å². The molecule has 0 heterocycles. The van der Waals surface area contributed by atoms with Crippen molar-refractivity contribution in [3.63, 3.8) is 0 Å². The topological polar surface area (TPSA) is 92.5 Å². The lowest BCUT2D eigenvalue weighted by molar-refractivity contribution is -0.385. The maximum atomic E-state index is 12.4. The highest BCUT2D eigenvalue weighted by Gasteiger charge is 2.22. The van der Waals surface area contributed by atoms with E-state index in [0.29, 0.717) is 0 Å². The van der Waals surface area contributed by atoms with Gasteiger partial charge in [-0.1, -0.05) is 38.4 Å². The molecule has 24 heavy (non-hydrogen) atoms. The van der Waals surface area contributed by atoms with Crippen LogP contribution in [0.3, 0.4) is 0 Å². The summed E-state index contributed by atoms with van der Waals surface area (Å²) in [5.74, 6) is -0.841. The SMILES string of the molecule is CC(C)(C)c1ccc(O)c(NC(=O)c2cc(Cl)ccc2[N+](=O)[O-])c1. The molecule has 0 radical (unpaired) electrons. The van der Waals surface area contributed by atoms with Crippen molar-refractivity contribution < 1.29 is 14.8 Å². The number of hydrogen-bond acceptors (Lipinski definition) is 4. The molecule has 126 valence electrons. The molecule has 0 saturated heterocycles. The molecule has 2 N–H and O–H groups in total. The molecule has 2 aromatic rings. The third-order valence-corrected chi connectivity index (χ3v) is 3.75. The number of nitrogens with zero attached hydrogens (tertiary/aromatic N) is 1. The van der Waals surface area contributed by atoms with Crippen LogP contribution >= 0.6 is 11.6 Å². The molecule has 6 nitrogen and oxygen atoms in total. The number of hydrogen-bond donors (Lipinski definition) is 2. The molecule has 0 aromatic heterocycles. The van der Waals surface area contributed by atoms with E-state index in [2.05, 4.69) is 5.32 Å². The Kier molecular flexibility index (Phi) is 4.80. The molecule has 0 spiro atoms. The number of carbonyl (C=O) groups is 1. The number of aromatic hydroxyl groups is 1. The lowest BCUT2D eigenvalue weighted by atomic mass is 9.87. The smallest absolute Gasteiger partial charge is 0.282 e. The monoisotopic (exact) mass is 348 g/mol. The molecular weight excluding hydrogens is 332 g/mol. The molecule has 2 aromatic carbocycles. The third-order valence-electron chi connectivity index (χ3n) is 3.51. The van der Waals surface area contributed by atoms with Gasteiger partial charge in [0.1, 0.15) is 11.3 Å². The average molecular weight is 349 g/mol. The first-order chi connectivity index (χ1) is 11.1. The Bertz CT molecular complexity index is 813. The summed E-state index contributed by atoms with van der Waals surface area (Å²) in [6.07, 6.45) is 0. The number of nitrogens with one attached hydrogen (secondary N) is 1. The van der Waals surface area contributed by atoms with Crippen molar-refractivity contribution >= 4 is 28.9 Å². The lowest BCUT2D eigenvalue weighted by Crippen LogP contribution is -2.16. The maximum Gasteiger partial charge on any atom is 0.282 e. The first kappa shape index (κ1) is 17.7. The summed E-state index contributed by atoms with van der Waals surface area (Å²) in [4.78, 5) is 22.8. The van der Waals surface area contributed by atoms with E-state index < -0.39 is 10.8 Å². The van der Waals surface area contributed by atoms with Gasteiger partial charge in [0.15, 0.2) is 0 Å². The number of anilines is 1. The molecular formula is C17H17ClN2O4. The number of halogens is 1. The van der Waals surface area contributed by atoms with Crippen molar-refractivity contribution in [1.82, 2.24) is 0 Å². The molecule has 0 unspecified atom stereocenters. The Labute approximate surface area is 144 Å². The van der Waals surface area contributed by atoms with Gasteiger partial charge in [0.05, 0.1) is 10.6 Å². The second kappa shape index (κ2) is 6.49. The Morgan fingerprint density at radius 2 is 1.88 bits per heavy atom. The van der Waals surface area contributed by atoms with Gasteiger partial charge in [-0.25, -0.2) is 0 Å². The van der Waals surface area contributed by atoms with E-state index in [0.717, 1.165) is 5.56 Å². The fourth-order valence-corrected chi connectivity index (χ4v) is 2.31. The highest BCUT2D eigenvalue weighted by molar-refractivity contribution is 6.31. The predicted octanol–water partition coefficient (Wildman–Crippen LogP) is 4.50. The highest BCUT2D eigenvalue weighted by Crippen LogP contribution is 2.32. The van der Waals surface area contributed by atoms with Crippen LogP contribution in [-0.2, 0) is 5.41 Å². The van der Waals surface area contributed by atoms with Gasteiger partial charge in [0.25, 0.3) is 11.6 Å². The fourth-order valence-electron chi connectivity index (χ4n) is 2.14. The van der Waals surface area contributed by atoms with E-state index >= 15 is 0 Å². The molecule has 7 heteroatoms. The highest BCUT2D eigenvalue weighted by atomic mass is 35.5. The summed E-state index contributed by atoms with van der Waals surface area (Å²) in [5.41, 5.74) is 0.365. The molecule has 0 saturated carbocycles. The molecule has 0 aliphatic rings. The second-order valence-corrected chi connectivity index (χ2v) is 6.79. The number of rotatable bonds is 3. The fraction of sp³-hybridized carbons (Fsp3) is 0.235. The van der Waals surface area contributed by atoms with Gasteiger partial charge in [0.2, 0.25) is 0 Å². The second-order valence-electron chi connectivity index (χ2n) is 6.35. The third kappa shape index (κ3) is 3.83. The number of phenols is 1.